The van der Waals surface area contributed by atoms with Crippen LogP contribution in [0.5, 0.6) is 0 Å². The third-order valence-corrected chi connectivity index (χ3v) is 3.56. The van der Waals surface area contributed by atoms with Crippen molar-refractivity contribution in [3.8, 4) is 0 Å². The van der Waals surface area contributed by atoms with Gasteiger partial charge in [-0.3, -0.25) is 14.9 Å². The SMILES string of the molecule is CNC(=O)c1cccc(NC(=S)NC(=O)/C=C/c2ccc(C)cc2)c1. The zero-order valence-electron chi connectivity index (χ0n) is 14.0. The van der Waals surface area contributed by atoms with Gasteiger partial charge in [0, 0.05) is 24.4 Å². The summed E-state index contributed by atoms with van der Waals surface area (Å²) in [5.74, 6) is -0.528. The highest BCUT2D eigenvalue weighted by atomic mass is 32.1. The van der Waals surface area contributed by atoms with Gasteiger partial charge in [-0.05, 0) is 49.0 Å². The van der Waals surface area contributed by atoms with E-state index in [-0.39, 0.29) is 16.9 Å². The van der Waals surface area contributed by atoms with Crippen molar-refractivity contribution in [1.29, 1.82) is 0 Å². The second kappa shape index (κ2) is 8.75. The van der Waals surface area contributed by atoms with Crippen LogP contribution in [0.2, 0.25) is 0 Å². The number of benzene rings is 2. The van der Waals surface area contributed by atoms with Crippen LogP contribution >= 0.6 is 12.2 Å². The number of rotatable bonds is 4. The highest BCUT2D eigenvalue weighted by Gasteiger charge is 2.06. The molecule has 0 spiro atoms. The molecule has 3 N–H and O–H groups in total. The average Bonchev–Trinajstić information content (AvgIpc) is 2.60. The number of anilines is 1. The number of carbonyl (C=O) groups is 2. The summed E-state index contributed by atoms with van der Waals surface area (Å²) in [5.41, 5.74) is 3.21. The van der Waals surface area contributed by atoms with Crippen molar-refractivity contribution in [1.82, 2.24) is 10.6 Å². The third-order valence-electron chi connectivity index (χ3n) is 3.35. The molecule has 0 atom stereocenters. The Balaban J connectivity index is 1.92. The Labute approximate surface area is 152 Å². The van der Waals surface area contributed by atoms with Gasteiger partial charge in [-0.15, -0.1) is 0 Å². The number of aryl methyl sites for hydroxylation is 1. The van der Waals surface area contributed by atoms with Crippen LogP contribution in [0.1, 0.15) is 21.5 Å². The number of hydrogen-bond donors (Lipinski definition) is 3. The molecule has 0 heterocycles. The molecule has 2 aromatic rings. The summed E-state index contributed by atoms with van der Waals surface area (Å²) >= 11 is 5.12. The van der Waals surface area contributed by atoms with Gasteiger partial charge in [0.15, 0.2) is 5.11 Å². The maximum Gasteiger partial charge on any atom is 0.251 e. The molecule has 0 unspecified atom stereocenters. The molecule has 0 aliphatic rings. The van der Waals surface area contributed by atoms with E-state index in [0.717, 1.165) is 11.1 Å². The van der Waals surface area contributed by atoms with Gasteiger partial charge in [0.1, 0.15) is 0 Å². The van der Waals surface area contributed by atoms with Crippen LogP contribution in [0.3, 0.4) is 0 Å². The molecule has 0 aliphatic carbocycles. The Hall–Kier alpha value is -2.99. The lowest BCUT2D eigenvalue weighted by molar-refractivity contribution is -0.115. The van der Waals surface area contributed by atoms with Crippen molar-refractivity contribution < 1.29 is 9.59 Å². The predicted octanol–water partition coefficient (Wildman–Crippen LogP) is 2.88. The van der Waals surface area contributed by atoms with Gasteiger partial charge in [-0.25, -0.2) is 0 Å². The van der Waals surface area contributed by atoms with Crippen molar-refractivity contribution in [3.05, 3.63) is 71.3 Å². The monoisotopic (exact) mass is 353 g/mol. The van der Waals surface area contributed by atoms with Crippen LogP contribution in [-0.4, -0.2) is 24.0 Å². The first-order valence-electron chi connectivity index (χ1n) is 7.67. The van der Waals surface area contributed by atoms with E-state index in [2.05, 4.69) is 16.0 Å². The van der Waals surface area contributed by atoms with E-state index in [1.54, 1.807) is 37.4 Å². The van der Waals surface area contributed by atoms with E-state index in [9.17, 15) is 9.59 Å². The highest BCUT2D eigenvalue weighted by Crippen LogP contribution is 2.10. The van der Waals surface area contributed by atoms with E-state index in [0.29, 0.717) is 11.3 Å². The molecule has 2 rings (SSSR count). The Morgan fingerprint density at radius 3 is 2.48 bits per heavy atom. The second-order valence-electron chi connectivity index (χ2n) is 5.35. The highest BCUT2D eigenvalue weighted by molar-refractivity contribution is 7.80. The molecular weight excluding hydrogens is 334 g/mol. The number of amides is 2. The Kier molecular flexibility index (Phi) is 6.42. The van der Waals surface area contributed by atoms with Crippen LogP contribution < -0.4 is 16.0 Å². The van der Waals surface area contributed by atoms with Gasteiger partial charge >= 0.3 is 0 Å². The maximum atomic E-state index is 11.9. The smallest absolute Gasteiger partial charge is 0.251 e. The molecule has 2 amide bonds. The Morgan fingerprint density at radius 1 is 1.08 bits per heavy atom. The molecule has 0 fully saturated rings. The fourth-order valence-electron chi connectivity index (χ4n) is 2.05. The summed E-state index contributed by atoms with van der Waals surface area (Å²) in [7, 11) is 1.56. The van der Waals surface area contributed by atoms with Crippen LogP contribution in [0.15, 0.2) is 54.6 Å². The largest absolute Gasteiger partial charge is 0.355 e. The van der Waals surface area contributed by atoms with E-state index in [1.165, 1.54) is 6.08 Å². The number of carbonyl (C=O) groups excluding carboxylic acids is 2. The minimum Gasteiger partial charge on any atom is -0.355 e. The molecule has 0 bridgehead atoms. The summed E-state index contributed by atoms with van der Waals surface area (Å²) in [6.45, 7) is 2.00. The Morgan fingerprint density at radius 2 is 1.80 bits per heavy atom. The molecule has 25 heavy (non-hydrogen) atoms. The minimum absolute atomic E-state index is 0.160. The molecule has 0 aromatic heterocycles. The van der Waals surface area contributed by atoms with Crippen molar-refractivity contribution in [2.24, 2.45) is 0 Å². The lowest BCUT2D eigenvalue weighted by atomic mass is 10.1. The van der Waals surface area contributed by atoms with Crippen molar-refractivity contribution in [2.45, 2.75) is 6.92 Å². The normalized spacial score (nSPS) is 10.3. The Bertz CT molecular complexity index is 814. The lowest BCUT2D eigenvalue weighted by Gasteiger charge is -2.09. The quantitative estimate of drug-likeness (QED) is 0.584. The first kappa shape index (κ1) is 18.4. The van der Waals surface area contributed by atoms with Gasteiger partial charge in [-0.2, -0.15) is 0 Å². The van der Waals surface area contributed by atoms with Gasteiger partial charge in [0.2, 0.25) is 5.91 Å². The van der Waals surface area contributed by atoms with Crippen LogP contribution in [-0.2, 0) is 4.79 Å². The molecule has 5 nitrogen and oxygen atoms in total. The number of hydrogen-bond acceptors (Lipinski definition) is 3. The first-order valence-corrected chi connectivity index (χ1v) is 8.07. The van der Waals surface area contributed by atoms with E-state index >= 15 is 0 Å². The minimum atomic E-state index is -0.333. The van der Waals surface area contributed by atoms with Crippen molar-refractivity contribution in [2.75, 3.05) is 12.4 Å². The molecule has 2 aromatic carbocycles. The maximum absolute atomic E-state index is 11.9. The summed E-state index contributed by atoms with van der Waals surface area (Å²) < 4.78 is 0. The average molecular weight is 353 g/mol. The molecule has 6 heteroatoms. The summed E-state index contributed by atoms with van der Waals surface area (Å²) in [6.07, 6.45) is 3.13. The molecule has 0 saturated carbocycles. The fourth-order valence-corrected chi connectivity index (χ4v) is 2.27. The summed E-state index contributed by atoms with van der Waals surface area (Å²) in [6, 6.07) is 14.6. The zero-order valence-corrected chi connectivity index (χ0v) is 14.8. The molecular formula is C19H19N3O2S. The van der Waals surface area contributed by atoms with Gasteiger partial charge in [-0.1, -0.05) is 35.9 Å². The van der Waals surface area contributed by atoms with E-state index in [1.807, 2.05) is 31.2 Å². The molecule has 0 aliphatic heterocycles. The number of nitrogens with one attached hydrogen (secondary N) is 3. The third kappa shape index (κ3) is 5.86. The standard InChI is InChI=1S/C19H19N3O2S/c1-13-6-8-14(9-7-13)10-11-17(23)22-19(25)21-16-5-3-4-15(12-16)18(24)20-2/h3-12H,1-2H3,(H,20,24)(H2,21,22,23,25)/b11-10+. The molecule has 128 valence electrons. The van der Waals surface area contributed by atoms with Crippen molar-refractivity contribution >= 4 is 40.9 Å². The number of thiocarbonyl (C=S) groups is 1. The van der Waals surface area contributed by atoms with Crippen molar-refractivity contribution in [3.63, 3.8) is 0 Å². The van der Waals surface area contributed by atoms with Gasteiger partial charge < -0.3 is 10.6 Å². The second-order valence-corrected chi connectivity index (χ2v) is 5.76. The molecule has 0 radical (unpaired) electrons. The van der Waals surface area contributed by atoms with Gasteiger partial charge in [0.05, 0.1) is 0 Å². The van der Waals surface area contributed by atoms with E-state index in [4.69, 9.17) is 12.2 Å². The zero-order chi connectivity index (χ0) is 18.2. The predicted molar refractivity (Wildman–Crippen MR) is 104 cm³/mol. The van der Waals surface area contributed by atoms with Crippen LogP contribution in [0.25, 0.3) is 6.08 Å². The molecule has 0 saturated heterocycles. The first-order chi connectivity index (χ1) is 12.0. The summed E-state index contributed by atoms with van der Waals surface area (Å²) in [4.78, 5) is 23.5. The lowest BCUT2D eigenvalue weighted by Crippen LogP contribution is -2.32. The fraction of sp³-hybridized carbons (Fsp3) is 0.105. The van der Waals surface area contributed by atoms with Crippen LogP contribution in [0.4, 0.5) is 5.69 Å². The van der Waals surface area contributed by atoms with Crippen LogP contribution in [0, 0.1) is 6.92 Å². The topological polar surface area (TPSA) is 70.2 Å². The summed E-state index contributed by atoms with van der Waals surface area (Å²) in [5, 5.41) is 8.16. The van der Waals surface area contributed by atoms with E-state index < -0.39 is 0 Å². The van der Waals surface area contributed by atoms with Gasteiger partial charge in [0.25, 0.3) is 5.91 Å².